The Kier molecular flexibility index (Phi) is 4.20. The molecule has 2 aromatic rings. The average molecular weight is 316 g/mol. The Bertz CT molecular complexity index is 614. The minimum absolute atomic E-state index is 0.225. The number of anilines is 2. The van der Waals surface area contributed by atoms with Crippen molar-refractivity contribution in [3.63, 3.8) is 0 Å². The van der Waals surface area contributed by atoms with Gasteiger partial charge in [0.1, 0.15) is 0 Å². The van der Waals surface area contributed by atoms with E-state index in [1.165, 1.54) is 0 Å². The summed E-state index contributed by atoms with van der Waals surface area (Å²) in [6, 6.07) is 11.3. The lowest BCUT2D eigenvalue weighted by Crippen LogP contribution is -2.21. The summed E-state index contributed by atoms with van der Waals surface area (Å²) >= 11 is 17.9. The molecule has 2 aromatic carbocycles. The highest BCUT2D eigenvalue weighted by Crippen LogP contribution is 2.34. The maximum absolute atomic E-state index is 12.2. The van der Waals surface area contributed by atoms with Crippen LogP contribution in [0, 0.1) is 0 Å². The quantitative estimate of drug-likeness (QED) is 0.660. The molecule has 0 aliphatic heterocycles. The number of carbonyl (C=O) groups is 1. The molecule has 0 aliphatic rings. The van der Waals surface area contributed by atoms with Crippen molar-refractivity contribution in [2.75, 3.05) is 10.2 Å². The summed E-state index contributed by atoms with van der Waals surface area (Å²) in [6.45, 7) is 0. The van der Waals surface area contributed by atoms with E-state index in [0.29, 0.717) is 22.0 Å². The van der Waals surface area contributed by atoms with Crippen LogP contribution in [0.3, 0.4) is 0 Å². The zero-order valence-electron chi connectivity index (χ0n) is 9.61. The Balaban J connectivity index is 2.33. The molecule has 0 saturated heterocycles. The van der Waals surface area contributed by atoms with E-state index in [0.717, 1.165) is 4.42 Å². The van der Waals surface area contributed by atoms with Crippen LogP contribution in [0.25, 0.3) is 0 Å². The van der Waals surface area contributed by atoms with Crippen molar-refractivity contribution in [2.45, 2.75) is 0 Å². The summed E-state index contributed by atoms with van der Waals surface area (Å²) in [7, 11) is 0. The molecule has 2 rings (SSSR count). The van der Waals surface area contributed by atoms with E-state index in [1.807, 2.05) is 0 Å². The van der Waals surface area contributed by atoms with Crippen molar-refractivity contribution in [2.24, 2.45) is 0 Å². The first-order valence-electron chi connectivity index (χ1n) is 5.30. The lowest BCUT2D eigenvalue weighted by atomic mass is 10.2. The molecule has 0 aromatic heterocycles. The van der Waals surface area contributed by atoms with Gasteiger partial charge in [-0.1, -0.05) is 29.3 Å². The molecule has 1 amide bonds. The van der Waals surface area contributed by atoms with Crippen LogP contribution < -0.4 is 10.2 Å². The fourth-order valence-electron chi connectivity index (χ4n) is 1.49. The zero-order chi connectivity index (χ0) is 14.0. The van der Waals surface area contributed by atoms with Crippen molar-refractivity contribution in [1.29, 1.82) is 0 Å². The molecule has 0 saturated carbocycles. The van der Waals surface area contributed by atoms with Gasteiger partial charge in [-0.2, -0.15) is 0 Å². The maximum Gasteiger partial charge on any atom is 0.272 e. The van der Waals surface area contributed by atoms with Gasteiger partial charge in [0.15, 0.2) is 0 Å². The highest BCUT2D eigenvalue weighted by molar-refractivity contribution is 6.47. The standard InChI is InChI=1S/C13H9Cl3N2O/c14-10-2-1-3-11(12(10)15)18(16)13(19)8-4-6-9(17)7-5-8/h1-7H,17H2. The van der Waals surface area contributed by atoms with Crippen molar-refractivity contribution >= 4 is 52.3 Å². The number of nitrogens with zero attached hydrogens (tertiary/aromatic N) is 1. The van der Waals surface area contributed by atoms with E-state index in [-0.39, 0.29) is 5.02 Å². The minimum Gasteiger partial charge on any atom is -0.399 e. The van der Waals surface area contributed by atoms with Gasteiger partial charge in [-0.25, -0.2) is 4.42 Å². The number of amides is 1. The van der Waals surface area contributed by atoms with Crippen LogP contribution in [0.2, 0.25) is 10.0 Å². The average Bonchev–Trinajstić information content (AvgIpc) is 2.41. The number of rotatable bonds is 2. The first kappa shape index (κ1) is 14.0. The van der Waals surface area contributed by atoms with Crippen LogP contribution in [-0.4, -0.2) is 5.91 Å². The number of hydrogen-bond donors (Lipinski definition) is 1. The van der Waals surface area contributed by atoms with Gasteiger partial charge in [0, 0.05) is 23.0 Å². The molecule has 0 fully saturated rings. The predicted octanol–water partition coefficient (Wildman–Crippen LogP) is 4.38. The molecule has 0 spiro atoms. The van der Waals surface area contributed by atoms with Crippen LogP contribution in [0.4, 0.5) is 11.4 Å². The van der Waals surface area contributed by atoms with Gasteiger partial charge in [0.05, 0.1) is 15.7 Å². The molecule has 3 nitrogen and oxygen atoms in total. The van der Waals surface area contributed by atoms with E-state index in [1.54, 1.807) is 42.5 Å². The Labute approximate surface area is 125 Å². The SMILES string of the molecule is Nc1ccc(C(=O)N(Cl)c2cccc(Cl)c2Cl)cc1. The van der Waals surface area contributed by atoms with Gasteiger partial charge in [0.25, 0.3) is 5.91 Å². The topological polar surface area (TPSA) is 46.3 Å². The third-order valence-electron chi connectivity index (χ3n) is 2.48. The molecule has 19 heavy (non-hydrogen) atoms. The second-order valence-electron chi connectivity index (χ2n) is 3.78. The fourth-order valence-corrected chi connectivity index (χ4v) is 2.15. The summed E-state index contributed by atoms with van der Waals surface area (Å²) in [4.78, 5) is 12.2. The Morgan fingerprint density at radius 1 is 1.05 bits per heavy atom. The molecule has 0 radical (unpaired) electrons. The Morgan fingerprint density at radius 2 is 1.68 bits per heavy atom. The highest BCUT2D eigenvalue weighted by Gasteiger charge is 2.19. The summed E-state index contributed by atoms with van der Waals surface area (Å²) in [6.07, 6.45) is 0. The van der Waals surface area contributed by atoms with Crippen molar-refractivity contribution in [3.05, 3.63) is 58.1 Å². The molecule has 0 unspecified atom stereocenters. The van der Waals surface area contributed by atoms with Crippen molar-refractivity contribution in [1.82, 2.24) is 0 Å². The van der Waals surface area contributed by atoms with Crippen LogP contribution in [0.5, 0.6) is 0 Å². The number of hydrogen-bond acceptors (Lipinski definition) is 2. The van der Waals surface area contributed by atoms with Gasteiger partial charge >= 0.3 is 0 Å². The summed E-state index contributed by atoms with van der Waals surface area (Å²) in [5.74, 6) is -0.411. The minimum atomic E-state index is -0.411. The van der Waals surface area contributed by atoms with Crippen molar-refractivity contribution in [3.8, 4) is 0 Å². The Hall–Kier alpha value is -1.42. The van der Waals surface area contributed by atoms with Gasteiger partial charge in [-0.3, -0.25) is 4.79 Å². The lowest BCUT2D eigenvalue weighted by Gasteiger charge is -2.16. The smallest absolute Gasteiger partial charge is 0.272 e. The number of carbonyl (C=O) groups excluding carboxylic acids is 1. The number of halogens is 3. The number of nitrogen functional groups attached to an aromatic ring is 1. The second-order valence-corrected chi connectivity index (χ2v) is 4.90. The van der Waals surface area contributed by atoms with Gasteiger partial charge in [-0.15, -0.1) is 0 Å². The molecule has 0 heterocycles. The first-order chi connectivity index (χ1) is 9.00. The van der Waals surface area contributed by atoms with Gasteiger partial charge < -0.3 is 5.73 Å². The van der Waals surface area contributed by atoms with Crippen LogP contribution in [-0.2, 0) is 0 Å². The van der Waals surface area contributed by atoms with Gasteiger partial charge in [-0.05, 0) is 36.4 Å². The number of nitrogens with two attached hydrogens (primary N) is 1. The molecular weight excluding hydrogens is 307 g/mol. The number of benzene rings is 2. The van der Waals surface area contributed by atoms with E-state index < -0.39 is 5.91 Å². The third kappa shape index (κ3) is 2.95. The molecule has 0 bridgehead atoms. The highest BCUT2D eigenvalue weighted by atomic mass is 35.5. The molecular formula is C13H9Cl3N2O. The molecule has 0 atom stereocenters. The summed E-state index contributed by atoms with van der Waals surface area (Å²) in [5.41, 5.74) is 6.86. The lowest BCUT2D eigenvalue weighted by molar-refractivity contribution is 0.101. The normalized spacial score (nSPS) is 10.3. The maximum atomic E-state index is 12.2. The molecule has 98 valence electrons. The monoisotopic (exact) mass is 314 g/mol. The van der Waals surface area contributed by atoms with Crippen LogP contribution in [0.15, 0.2) is 42.5 Å². The second kappa shape index (κ2) is 5.70. The summed E-state index contributed by atoms with van der Waals surface area (Å²) in [5, 5.41) is 0.554. The van der Waals surface area contributed by atoms with E-state index in [9.17, 15) is 4.79 Å². The third-order valence-corrected chi connectivity index (χ3v) is 3.62. The first-order valence-corrected chi connectivity index (χ1v) is 6.40. The fraction of sp³-hybridized carbons (Fsp3) is 0. The van der Waals surface area contributed by atoms with E-state index in [2.05, 4.69) is 0 Å². The summed E-state index contributed by atoms with van der Waals surface area (Å²) < 4.78 is 0.930. The van der Waals surface area contributed by atoms with Crippen molar-refractivity contribution < 1.29 is 4.79 Å². The zero-order valence-corrected chi connectivity index (χ0v) is 11.9. The van der Waals surface area contributed by atoms with Crippen LogP contribution >= 0.6 is 35.0 Å². The van der Waals surface area contributed by atoms with Gasteiger partial charge in [0.2, 0.25) is 0 Å². The Morgan fingerprint density at radius 3 is 2.32 bits per heavy atom. The molecule has 6 heteroatoms. The molecule has 2 N–H and O–H groups in total. The predicted molar refractivity (Wildman–Crippen MR) is 80.0 cm³/mol. The molecule has 0 aliphatic carbocycles. The van der Waals surface area contributed by atoms with E-state index in [4.69, 9.17) is 40.7 Å². The van der Waals surface area contributed by atoms with Crippen LogP contribution in [0.1, 0.15) is 10.4 Å². The largest absolute Gasteiger partial charge is 0.399 e. The van der Waals surface area contributed by atoms with E-state index >= 15 is 0 Å².